The minimum atomic E-state index is -0.745. The maximum absolute atomic E-state index is 13.2. The molecule has 1 aromatic carbocycles. The number of rotatable bonds is 7. The SMILES string of the molecule is COc1ccc(NC(C)(C)C(=O)N2C[C@@H](Cc3cc(C)no3)[C@@H](OC)C2)cc1. The van der Waals surface area contributed by atoms with E-state index in [-0.39, 0.29) is 17.9 Å². The molecule has 0 spiro atoms. The number of hydrogen-bond acceptors (Lipinski definition) is 6. The molecule has 3 rings (SSSR count). The Kier molecular flexibility index (Phi) is 5.93. The topological polar surface area (TPSA) is 76.8 Å². The van der Waals surface area contributed by atoms with E-state index >= 15 is 0 Å². The van der Waals surface area contributed by atoms with Crippen LogP contribution in [0.4, 0.5) is 5.69 Å². The molecule has 1 fully saturated rings. The van der Waals surface area contributed by atoms with Crippen molar-refractivity contribution < 1.29 is 18.8 Å². The van der Waals surface area contributed by atoms with Crippen molar-refractivity contribution in [3.63, 3.8) is 0 Å². The smallest absolute Gasteiger partial charge is 0.247 e. The fraction of sp³-hybridized carbons (Fsp3) is 0.524. The van der Waals surface area contributed by atoms with E-state index in [0.29, 0.717) is 19.5 Å². The fourth-order valence-corrected chi connectivity index (χ4v) is 3.73. The van der Waals surface area contributed by atoms with Gasteiger partial charge in [0, 0.05) is 44.3 Å². The minimum absolute atomic E-state index is 0.0221. The molecule has 1 aliphatic rings. The third-order valence-corrected chi connectivity index (χ3v) is 5.19. The van der Waals surface area contributed by atoms with Crippen molar-refractivity contribution in [3.05, 3.63) is 41.8 Å². The molecule has 7 nitrogen and oxygen atoms in total. The molecule has 28 heavy (non-hydrogen) atoms. The molecule has 2 atom stereocenters. The van der Waals surface area contributed by atoms with Crippen molar-refractivity contribution in [1.29, 1.82) is 0 Å². The number of likely N-dealkylation sites (tertiary alicyclic amines) is 1. The van der Waals surface area contributed by atoms with E-state index in [4.69, 9.17) is 14.0 Å². The second-order valence-electron chi connectivity index (χ2n) is 7.86. The molecule has 0 aliphatic carbocycles. The van der Waals surface area contributed by atoms with Gasteiger partial charge in [0.15, 0.2) is 0 Å². The summed E-state index contributed by atoms with van der Waals surface area (Å²) in [4.78, 5) is 15.1. The van der Waals surface area contributed by atoms with Gasteiger partial charge in [0.1, 0.15) is 17.0 Å². The second kappa shape index (κ2) is 8.22. The lowest BCUT2D eigenvalue weighted by molar-refractivity contribution is -0.134. The number of ether oxygens (including phenoxy) is 2. The average Bonchev–Trinajstić information content (AvgIpc) is 3.27. The quantitative estimate of drug-likeness (QED) is 0.787. The van der Waals surface area contributed by atoms with Crippen molar-refractivity contribution in [1.82, 2.24) is 10.1 Å². The van der Waals surface area contributed by atoms with Gasteiger partial charge in [0.25, 0.3) is 0 Å². The van der Waals surface area contributed by atoms with E-state index in [1.807, 2.05) is 56.0 Å². The summed E-state index contributed by atoms with van der Waals surface area (Å²) >= 11 is 0. The summed E-state index contributed by atoms with van der Waals surface area (Å²) < 4.78 is 16.2. The first-order valence-corrected chi connectivity index (χ1v) is 9.49. The van der Waals surface area contributed by atoms with Crippen LogP contribution >= 0.6 is 0 Å². The van der Waals surface area contributed by atoms with Crippen LogP contribution in [0.25, 0.3) is 0 Å². The molecule has 1 amide bonds. The van der Waals surface area contributed by atoms with Crippen LogP contribution in [0.3, 0.4) is 0 Å². The molecular formula is C21H29N3O4. The largest absolute Gasteiger partial charge is 0.497 e. The summed E-state index contributed by atoms with van der Waals surface area (Å²) in [5.74, 6) is 1.83. The summed E-state index contributed by atoms with van der Waals surface area (Å²) in [5.41, 5.74) is 0.986. The van der Waals surface area contributed by atoms with E-state index < -0.39 is 5.54 Å². The maximum atomic E-state index is 13.2. The van der Waals surface area contributed by atoms with E-state index in [9.17, 15) is 4.79 Å². The number of carbonyl (C=O) groups is 1. The Morgan fingerprint density at radius 3 is 2.57 bits per heavy atom. The van der Waals surface area contributed by atoms with Gasteiger partial charge in [-0.05, 0) is 45.0 Å². The fourth-order valence-electron chi connectivity index (χ4n) is 3.73. The Morgan fingerprint density at radius 2 is 2.00 bits per heavy atom. The first-order chi connectivity index (χ1) is 13.3. The molecule has 1 saturated heterocycles. The van der Waals surface area contributed by atoms with Gasteiger partial charge in [-0.25, -0.2) is 0 Å². The van der Waals surface area contributed by atoms with Crippen molar-refractivity contribution in [2.45, 2.75) is 38.8 Å². The molecule has 0 radical (unpaired) electrons. The minimum Gasteiger partial charge on any atom is -0.497 e. The molecule has 1 N–H and O–H groups in total. The molecule has 0 saturated carbocycles. The first kappa shape index (κ1) is 20.2. The Morgan fingerprint density at radius 1 is 1.29 bits per heavy atom. The van der Waals surface area contributed by atoms with Gasteiger partial charge in [-0.3, -0.25) is 4.79 Å². The summed E-state index contributed by atoms with van der Waals surface area (Å²) in [7, 11) is 3.32. The highest BCUT2D eigenvalue weighted by Gasteiger charge is 2.41. The van der Waals surface area contributed by atoms with Crippen LogP contribution in [-0.4, -0.2) is 54.9 Å². The number of nitrogens with one attached hydrogen (secondary N) is 1. The monoisotopic (exact) mass is 387 g/mol. The summed E-state index contributed by atoms with van der Waals surface area (Å²) in [5, 5.41) is 7.28. The maximum Gasteiger partial charge on any atom is 0.247 e. The van der Waals surface area contributed by atoms with Crippen LogP contribution in [0.2, 0.25) is 0 Å². The summed E-state index contributed by atoms with van der Waals surface area (Å²) in [6.07, 6.45) is 0.682. The molecular weight excluding hydrogens is 358 g/mol. The molecule has 1 aromatic heterocycles. The number of hydrogen-bond donors (Lipinski definition) is 1. The molecule has 7 heteroatoms. The first-order valence-electron chi connectivity index (χ1n) is 9.49. The van der Waals surface area contributed by atoms with E-state index in [0.717, 1.165) is 22.9 Å². The zero-order chi connectivity index (χ0) is 20.3. The third kappa shape index (κ3) is 4.47. The summed E-state index contributed by atoms with van der Waals surface area (Å²) in [6, 6.07) is 9.49. The van der Waals surface area contributed by atoms with Crippen molar-refractivity contribution >= 4 is 11.6 Å². The van der Waals surface area contributed by atoms with Gasteiger partial charge in [-0.15, -0.1) is 0 Å². The molecule has 2 heterocycles. The van der Waals surface area contributed by atoms with Crippen LogP contribution < -0.4 is 10.1 Å². The number of aryl methyl sites for hydroxylation is 1. The van der Waals surface area contributed by atoms with E-state index in [1.165, 1.54) is 0 Å². The standard InChI is InChI=1S/C21H29N3O4/c1-14-10-18(28-23-14)11-15-12-24(13-19(15)27-5)20(25)21(2,3)22-16-6-8-17(26-4)9-7-16/h6-10,15,19,22H,11-13H2,1-5H3/t15-,19+/m1/s1. The lowest BCUT2D eigenvalue weighted by Gasteiger charge is -2.31. The Labute approximate surface area is 166 Å². The number of aromatic nitrogens is 1. The van der Waals surface area contributed by atoms with Crippen molar-refractivity contribution in [2.24, 2.45) is 5.92 Å². The molecule has 0 unspecified atom stereocenters. The van der Waals surface area contributed by atoms with E-state index in [1.54, 1.807) is 14.2 Å². The molecule has 2 aromatic rings. The van der Waals surface area contributed by atoms with Gasteiger partial charge in [-0.1, -0.05) is 5.16 Å². The van der Waals surface area contributed by atoms with Crippen LogP contribution in [0.5, 0.6) is 5.75 Å². The summed E-state index contributed by atoms with van der Waals surface area (Å²) in [6.45, 7) is 6.90. The Bertz CT molecular complexity index is 800. The highest BCUT2D eigenvalue weighted by molar-refractivity contribution is 5.88. The van der Waals surface area contributed by atoms with Crippen LogP contribution in [0.1, 0.15) is 25.3 Å². The molecule has 0 bridgehead atoms. The van der Waals surface area contributed by atoms with Gasteiger partial charge in [0.2, 0.25) is 5.91 Å². The van der Waals surface area contributed by atoms with Crippen molar-refractivity contribution in [3.8, 4) is 5.75 Å². The van der Waals surface area contributed by atoms with Gasteiger partial charge in [0.05, 0.1) is 18.9 Å². The second-order valence-corrected chi connectivity index (χ2v) is 7.86. The van der Waals surface area contributed by atoms with Gasteiger partial charge in [-0.2, -0.15) is 0 Å². The Balaban J connectivity index is 1.66. The van der Waals surface area contributed by atoms with Crippen LogP contribution in [0, 0.1) is 12.8 Å². The average molecular weight is 387 g/mol. The number of methoxy groups -OCH3 is 2. The lowest BCUT2D eigenvalue weighted by atomic mass is 10.00. The number of amides is 1. The highest BCUT2D eigenvalue weighted by atomic mass is 16.5. The number of nitrogens with zero attached hydrogens (tertiary/aromatic N) is 2. The predicted molar refractivity (Wildman–Crippen MR) is 107 cm³/mol. The third-order valence-electron chi connectivity index (χ3n) is 5.19. The van der Waals surface area contributed by atoms with E-state index in [2.05, 4.69) is 10.5 Å². The highest BCUT2D eigenvalue weighted by Crippen LogP contribution is 2.27. The zero-order valence-corrected chi connectivity index (χ0v) is 17.2. The number of anilines is 1. The predicted octanol–water partition coefficient (Wildman–Crippen LogP) is 2.90. The zero-order valence-electron chi connectivity index (χ0n) is 17.2. The van der Waals surface area contributed by atoms with Crippen LogP contribution in [0.15, 0.2) is 34.9 Å². The Hall–Kier alpha value is -2.54. The van der Waals surface area contributed by atoms with Gasteiger partial charge < -0.3 is 24.2 Å². The molecule has 1 aliphatic heterocycles. The molecule has 152 valence electrons. The van der Waals surface area contributed by atoms with Crippen molar-refractivity contribution in [2.75, 3.05) is 32.6 Å². The normalized spacial score (nSPS) is 19.7. The van der Waals surface area contributed by atoms with Crippen LogP contribution in [-0.2, 0) is 16.0 Å². The lowest BCUT2D eigenvalue weighted by Crippen LogP contribution is -2.49. The number of carbonyl (C=O) groups excluding carboxylic acids is 1. The number of benzene rings is 1. The van der Waals surface area contributed by atoms with Gasteiger partial charge >= 0.3 is 0 Å².